The van der Waals surface area contributed by atoms with Crippen molar-refractivity contribution in [2.45, 2.75) is 38.8 Å². The lowest BCUT2D eigenvalue weighted by atomic mass is 10.1. The maximum Gasteiger partial charge on any atom is 0.407 e. The number of alkyl carbamates (subject to hydrolysis) is 1. The summed E-state index contributed by atoms with van der Waals surface area (Å²) in [5.41, 5.74) is 5.30. The van der Waals surface area contributed by atoms with Crippen LogP contribution in [0.5, 0.6) is 0 Å². The maximum absolute atomic E-state index is 12.8. The van der Waals surface area contributed by atoms with Gasteiger partial charge >= 0.3 is 6.09 Å². The van der Waals surface area contributed by atoms with Crippen LogP contribution in [0, 0.1) is 5.82 Å². The summed E-state index contributed by atoms with van der Waals surface area (Å²) < 4.78 is 17.9. The molecule has 0 heterocycles. The van der Waals surface area contributed by atoms with E-state index in [9.17, 15) is 14.0 Å². The molecule has 1 aromatic carbocycles. The molecular weight excluding hydrogens is 289 g/mol. The molecule has 1 unspecified atom stereocenters. The molecule has 7 heteroatoms. The van der Waals surface area contributed by atoms with Crippen LogP contribution in [0.15, 0.2) is 24.3 Å². The van der Waals surface area contributed by atoms with Crippen LogP contribution in [-0.4, -0.2) is 30.2 Å². The Morgan fingerprint density at radius 2 is 1.86 bits per heavy atom. The van der Waals surface area contributed by atoms with E-state index < -0.39 is 23.6 Å². The average Bonchev–Trinajstić information content (AvgIpc) is 2.37. The van der Waals surface area contributed by atoms with Crippen molar-refractivity contribution in [3.05, 3.63) is 30.1 Å². The van der Waals surface area contributed by atoms with E-state index >= 15 is 0 Å². The molecule has 0 fully saturated rings. The molecule has 4 N–H and O–H groups in total. The Labute approximate surface area is 129 Å². The highest BCUT2D eigenvalue weighted by Crippen LogP contribution is 2.11. The van der Waals surface area contributed by atoms with Crippen molar-refractivity contribution in [1.82, 2.24) is 5.32 Å². The lowest BCUT2D eigenvalue weighted by molar-refractivity contribution is -0.118. The summed E-state index contributed by atoms with van der Waals surface area (Å²) in [6.07, 6.45) is -0.274. The molecule has 0 saturated heterocycles. The normalized spacial score (nSPS) is 12.4. The van der Waals surface area contributed by atoms with Gasteiger partial charge in [-0.25, -0.2) is 9.18 Å². The van der Waals surface area contributed by atoms with Crippen molar-refractivity contribution in [2.24, 2.45) is 5.73 Å². The topological polar surface area (TPSA) is 93.4 Å². The quantitative estimate of drug-likeness (QED) is 0.749. The van der Waals surface area contributed by atoms with Crippen LogP contribution in [0.25, 0.3) is 0 Å². The van der Waals surface area contributed by atoms with E-state index in [1.165, 1.54) is 24.3 Å². The summed E-state index contributed by atoms with van der Waals surface area (Å²) in [5.74, 6) is -0.928. The average molecular weight is 311 g/mol. The highest BCUT2D eigenvalue weighted by Gasteiger charge is 2.18. The summed E-state index contributed by atoms with van der Waals surface area (Å²) in [6, 6.07) is 4.89. The van der Waals surface area contributed by atoms with Gasteiger partial charge in [-0.1, -0.05) is 0 Å². The molecular formula is C15H22FN3O3. The van der Waals surface area contributed by atoms with Gasteiger partial charge in [0.1, 0.15) is 17.5 Å². The number of halogens is 1. The Morgan fingerprint density at radius 1 is 1.27 bits per heavy atom. The minimum absolute atomic E-state index is 0.219. The summed E-state index contributed by atoms with van der Waals surface area (Å²) in [7, 11) is 0. The van der Waals surface area contributed by atoms with Crippen LogP contribution in [-0.2, 0) is 9.53 Å². The molecule has 1 atom stereocenters. The Hall–Kier alpha value is -2.31. The van der Waals surface area contributed by atoms with Crippen molar-refractivity contribution < 1.29 is 18.7 Å². The number of anilines is 1. The van der Waals surface area contributed by atoms with Crippen molar-refractivity contribution >= 4 is 17.7 Å². The van der Waals surface area contributed by atoms with E-state index in [0.29, 0.717) is 5.69 Å². The van der Waals surface area contributed by atoms with E-state index in [2.05, 4.69) is 10.6 Å². The standard InChI is InChI=1S/C15H22FN3O3/c1-15(2,3)22-14(21)18-9-8-12(13(17)20)19-11-6-4-10(16)5-7-11/h4-7,12,19H,8-9H2,1-3H3,(H2,17,20)(H,18,21). The molecule has 22 heavy (non-hydrogen) atoms. The summed E-state index contributed by atoms with van der Waals surface area (Å²) >= 11 is 0. The molecule has 2 amide bonds. The monoisotopic (exact) mass is 311 g/mol. The number of hydrogen-bond donors (Lipinski definition) is 3. The van der Waals surface area contributed by atoms with Gasteiger partial charge in [-0.05, 0) is 51.5 Å². The summed E-state index contributed by atoms with van der Waals surface area (Å²) in [6.45, 7) is 5.50. The molecule has 1 rings (SSSR count). The van der Waals surface area contributed by atoms with Gasteiger partial charge < -0.3 is 21.1 Å². The van der Waals surface area contributed by atoms with Gasteiger partial charge in [0.05, 0.1) is 0 Å². The molecule has 0 spiro atoms. The number of nitrogens with one attached hydrogen (secondary N) is 2. The van der Waals surface area contributed by atoms with Crippen LogP contribution in [0.4, 0.5) is 14.9 Å². The molecule has 1 aromatic rings. The zero-order valence-electron chi connectivity index (χ0n) is 13.0. The predicted molar refractivity (Wildman–Crippen MR) is 81.9 cm³/mol. The van der Waals surface area contributed by atoms with Crippen LogP contribution < -0.4 is 16.4 Å². The van der Waals surface area contributed by atoms with Crippen LogP contribution in [0.3, 0.4) is 0 Å². The van der Waals surface area contributed by atoms with Crippen molar-refractivity contribution in [3.8, 4) is 0 Å². The maximum atomic E-state index is 12.8. The largest absolute Gasteiger partial charge is 0.444 e. The highest BCUT2D eigenvalue weighted by molar-refractivity contribution is 5.83. The number of amides is 2. The summed E-state index contributed by atoms with van der Waals surface area (Å²) in [5, 5.41) is 5.44. The predicted octanol–water partition coefficient (Wildman–Crippen LogP) is 2.01. The first-order valence-corrected chi connectivity index (χ1v) is 6.95. The molecule has 0 aliphatic rings. The zero-order valence-corrected chi connectivity index (χ0v) is 13.0. The van der Waals surface area contributed by atoms with Crippen LogP contribution in [0.2, 0.25) is 0 Å². The minimum Gasteiger partial charge on any atom is -0.444 e. The van der Waals surface area contributed by atoms with Crippen molar-refractivity contribution in [1.29, 1.82) is 0 Å². The zero-order chi connectivity index (χ0) is 16.8. The number of benzene rings is 1. The van der Waals surface area contributed by atoms with E-state index in [0.717, 1.165) is 0 Å². The van der Waals surface area contributed by atoms with E-state index in [4.69, 9.17) is 10.5 Å². The number of rotatable bonds is 6. The number of carbonyl (C=O) groups excluding carboxylic acids is 2. The first-order valence-electron chi connectivity index (χ1n) is 6.95. The summed E-state index contributed by atoms with van der Waals surface area (Å²) in [4.78, 5) is 22.9. The second-order valence-corrected chi connectivity index (χ2v) is 5.82. The van der Waals surface area contributed by atoms with Gasteiger partial charge in [0.15, 0.2) is 0 Å². The Balaban J connectivity index is 2.46. The fourth-order valence-corrected chi connectivity index (χ4v) is 1.67. The van der Waals surface area contributed by atoms with Gasteiger partial charge in [-0.2, -0.15) is 0 Å². The third-order valence-corrected chi connectivity index (χ3v) is 2.63. The van der Waals surface area contributed by atoms with Crippen LogP contribution >= 0.6 is 0 Å². The fourth-order valence-electron chi connectivity index (χ4n) is 1.67. The lowest BCUT2D eigenvalue weighted by Gasteiger charge is -2.21. The number of carbonyl (C=O) groups is 2. The molecule has 0 aliphatic carbocycles. The van der Waals surface area contributed by atoms with Crippen molar-refractivity contribution in [3.63, 3.8) is 0 Å². The SMILES string of the molecule is CC(C)(C)OC(=O)NCCC(Nc1ccc(F)cc1)C(N)=O. The number of hydrogen-bond acceptors (Lipinski definition) is 4. The molecule has 0 bridgehead atoms. The third-order valence-electron chi connectivity index (χ3n) is 2.63. The molecule has 0 radical (unpaired) electrons. The Morgan fingerprint density at radius 3 is 2.36 bits per heavy atom. The second-order valence-electron chi connectivity index (χ2n) is 5.82. The van der Waals surface area contributed by atoms with Gasteiger partial charge in [0.25, 0.3) is 0 Å². The lowest BCUT2D eigenvalue weighted by Crippen LogP contribution is -2.40. The Kier molecular flexibility index (Phi) is 6.15. The number of primary amides is 1. The van der Waals surface area contributed by atoms with Gasteiger partial charge in [-0.3, -0.25) is 4.79 Å². The fraction of sp³-hybridized carbons (Fsp3) is 0.467. The van der Waals surface area contributed by atoms with Crippen molar-refractivity contribution in [2.75, 3.05) is 11.9 Å². The third kappa shape index (κ3) is 6.92. The molecule has 122 valence electrons. The second kappa shape index (κ2) is 7.63. The van der Waals surface area contributed by atoms with E-state index in [1.54, 1.807) is 20.8 Å². The minimum atomic E-state index is -0.680. The number of nitrogens with two attached hydrogens (primary N) is 1. The van der Waals surface area contributed by atoms with Gasteiger partial charge in [0.2, 0.25) is 5.91 Å². The van der Waals surface area contributed by atoms with Gasteiger partial charge in [-0.15, -0.1) is 0 Å². The highest BCUT2D eigenvalue weighted by atomic mass is 19.1. The van der Waals surface area contributed by atoms with Gasteiger partial charge in [0, 0.05) is 12.2 Å². The first kappa shape index (κ1) is 17.7. The first-order chi connectivity index (χ1) is 10.2. The van der Waals surface area contributed by atoms with Crippen LogP contribution in [0.1, 0.15) is 27.2 Å². The molecule has 6 nitrogen and oxygen atoms in total. The molecule has 0 aliphatic heterocycles. The van der Waals surface area contributed by atoms with E-state index in [1.807, 2.05) is 0 Å². The molecule has 0 saturated carbocycles. The number of ether oxygens (including phenoxy) is 1. The Bertz CT molecular complexity index is 512. The van der Waals surface area contributed by atoms with E-state index in [-0.39, 0.29) is 18.8 Å². The molecule has 0 aromatic heterocycles. The smallest absolute Gasteiger partial charge is 0.407 e.